The number of benzene rings is 1. The van der Waals surface area contributed by atoms with Gasteiger partial charge in [-0.15, -0.1) is 11.3 Å². The van der Waals surface area contributed by atoms with Crippen LogP contribution in [0.2, 0.25) is 0 Å². The van der Waals surface area contributed by atoms with E-state index in [1.54, 1.807) is 19.9 Å². The molecule has 1 aromatic carbocycles. The molecule has 0 aliphatic heterocycles. The Morgan fingerprint density at radius 2 is 2.14 bits per heavy atom. The maximum atomic E-state index is 12.6. The molecule has 0 saturated heterocycles. The van der Waals surface area contributed by atoms with E-state index in [0.29, 0.717) is 10.8 Å². The number of hydrogen-bond acceptors (Lipinski definition) is 6. The molecule has 2 aromatic rings. The summed E-state index contributed by atoms with van der Waals surface area (Å²) >= 11 is 1.29. The maximum Gasteiger partial charge on any atom is 0.267 e. The quantitative estimate of drug-likeness (QED) is 0.293. The second-order valence-corrected chi connectivity index (χ2v) is 8.71. The Kier molecular flexibility index (Phi) is 5.72. The predicted molar refractivity (Wildman–Crippen MR) is 107 cm³/mol. The van der Waals surface area contributed by atoms with Crippen molar-refractivity contribution in [3.8, 4) is 11.8 Å². The number of nitrogens with two attached hydrogens (primary N) is 1. The first-order valence-electron chi connectivity index (χ1n) is 8.92. The number of hydroxylamine groups is 1. The van der Waals surface area contributed by atoms with Crippen molar-refractivity contribution in [1.82, 2.24) is 10.8 Å². The van der Waals surface area contributed by atoms with Gasteiger partial charge in [-0.1, -0.05) is 17.9 Å². The second kappa shape index (κ2) is 7.89. The first-order chi connectivity index (χ1) is 13.2. The fourth-order valence-electron chi connectivity index (χ4n) is 2.88. The van der Waals surface area contributed by atoms with Crippen molar-refractivity contribution in [1.29, 1.82) is 0 Å². The Balaban J connectivity index is 1.78. The molecular formula is C20H23N3O4S. The van der Waals surface area contributed by atoms with Crippen LogP contribution in [-0.2, 0) is 4.79 Å². The number of nitrogens with one attached hydrogen (secondary N) is 2. The maximum absolute atomic E-state index is 12.6. The molecule has 28 heavy (non-hydrogen) atoms. The van der Waals surface area contributed by atoms with Crippen LogP contribution in [0, 0.1) is 23.7 Å². The van der Waals surface area contributed by atoms with Crippen molar-refractivity contribution in [3.63, 3.8) is 0 Å². The van der Waals surface area contributed by atoms with Gasteiger partial charge >= 0.3 is 0 Å². The van der Waals surface area contributed by atoms with Gasteiger partial charge in [0.15, 0.2) is 0 Å². The van der Waals surface area contributed by atoms with Gasteiger partial charge in [0.2, 0.25) is 0 Å². The molecule has 1 heterocycles. The van der Waals surface area contributed by atoms with Crippen molar-refractivity contribution in [2.75, 3.05) is 6.61 Å². The van der Waals surface area contributed by atoms with Crippen LogP contribution < -0.4 is 16.5 Å². The van der Waals surface area contributed by atoms with Crippen LogP contribution >= 0.6 is 11.3 Å². The SMILES string of the molecule is CC(C)(N)[C@H](NC(=O)c1cc2ccc(C#CC3C[C@H]3CO)cc2s1)C(=O)NO. The van der Waals surface area contributed by atoms with Crippen molar-refractivity contribution in [2.45, 2.75) is 31.8 Å². The lowest BCUT2D eigenvalue weighted by molar-refractivity contribution is -0.132. The molecule has 0 spiro atoms. The van der Waals surface area contributed by atoms with E-state index in [0.717, 1.165) is 22.1 Å². The first-order valence-corrected chi connectivity index (χ1v) is 9.74. The highest BCUT2D eigenvalue weighted by atomic mass is 32.1. The zero-order chi connectivity index (χ0) is 20.5. The third-order valence-electron chi connectivity index (χ3n) is 4.69. The third-order valence-corrected chi connectivity index (χ3v) is 5.79. The van der Waals surface area contributed by atoms with E-state index in [4.69, 9.17) is 16.0 Å². The molecule has 8 heteroatoms. The average molecular weight is 401 g/mol. The van der Waals surface area contributed by atoms with Gasteiger partial charge in [0.05, 0.1) is 4.88 Å². The fraction of sp³-hybridized carbons (Fsp3) is 0.400. The lowest BCUT2D eigenvalue weighted by atomic mass is 9.95. The molecule has 1 fully saturated rings. The van der Waals surface area contributed by atoms with E-state index >= 15 is 0 Å². The minimum absolute atomic E-state index is 0.177. The molecule has 3 rings (SSSR count). The molecule has 1 aliphatic carbocycles. The summed E-state index contributed by atoms with van der Waals surface area (Å²) in [5, 5.41) is 21.5. The van der Waals surface area contributed by atoms with Gasteiger partial charge in [-0.05, 0) is 49.8 Å². The number of aliphatic hydroxyl groups is 1. The van der Waals surface area contributed by atoms with Crippen molar-refractivity contribution in [2.24, 2.45) is 17.6 Å². The monoisotopic (exact) mass is 401 g/mol. The highest BCUT2D eigenvalue weighted by Crippen LogP contribution is 2.37. The van der Waals surface area contributed by atoms with Crippen molar-refractivity contribution >= 4 is 33.2 Å². The zero-order valence-electron chi connectivity index (χ0n) is 15.7. The van der Waals surface area contributed by atoms with Gasteiger partial charge in [-0.2, -0.15) is 0 Å². The highest BCUT2D eigenvalue weighted by Gasteiger charge is 2.35. The van der Waals surface area contributed by atoms with Gasteiger partial charge in [0.1, 0.15) is 6.04 Å². The predicted octanol–water partition coefficient (Wildman–Crippen LogP) is 1.22. The Hall–Kier alpha value is -2.44. The Labute approximate surface area is 166 Å². The molecule has 2 amide bonds. The summed E-state index contributed by atoms with van der Waals surface area (Å²) in [6, 6.07) is 6.37. The lowest BCUT2D eigenvalue weighted by Gasteiger charge is -2.29. The molecule has 148 valence electrons. The van der Waals surface area contributed by atoms with E-state index in [1.807, 2.05) is 18.2 Å². The molecular weight excluding hydrogens is 378 g/mol. The zero-order valence-corrected chi connectivity index (χ0v) is 16.5. The summed E-state index contributed by atoms with van der Waals surface area (Å²) in [7, 11) is 0. The van der Waals surface area contributed by atoms with Gasteiger partial charge in [-0.3, -0.25) is 14.8 Å². The Morgan fingerprint density at radius 1 is 1.39 bits per heavy atom. The number of carbonyl (C=O) groups is 2. The van der Waals surface area contributed by atoms with Crippen LogP contribution in [0.25, 0.3) is 10.1 Å². The summed E-state index contributed by atoms with van der Waals surface area (Å²) in [6.45, 7) is 3.35. The number of aliphatic hydroxyl groups excluding tert-OH is 1. The van der Waals surface area contributed by atoms with Crippen LogP contribution in [0.4, 0.5) is 0 Å². The van der Waals surface area contributed by atoms with Gasteiger partial charge in [0, 0.05) is 28.3 Å². The van der Waals surface area contributed by atoms with Crippen LogP contribution in [0.5, 0.6) is 0 Å². The summed E-state index contributed by atoms with van der Waals surface area (Å²) in [6.07, 6.45) is 0.940. The largest absolute Gasteiger partial charge is 0.396 e. The molecule has 0 radical (unpaired) electrons. The van der Waals surface area contributed by atoms with Crippen molar-refractivity contribution in [3.05, 3.63) is 34.7 Å². The van der Waals surface area contributed by atoms with E-state index in [-0.39, 0.29) is 12.5 Å². The molecule has 7 nitrogen and oxygen atoms in total. The molecule has 3 atom stereocenters. The average Bonchev–Trinajstić information content (AvgIpc) is 3.29. The molecule has 1 aliphatic rings. The van der Waals surface area contributed by atoms with Crippen LogP contribution in [0.1, 0.15) is 35.5 Å². The van der Waals surface area contributed by atoms with Crippen LogP contribution in [0.15, 0.2) is 24.3 Å². The minimum Gasteiger partial charge on any atom is -0.396 e. The number of rotatable bonds is 5. The second-order valence-electron chi connectivity index (χ2n) is 7.62. The van der Waals surface area contributed by atoms with Crippen LogP contribution in [0.3, 0.4) is 0 Å². The number of fused-ring (bicyclic) bond motifs is 1. The van der Waals surface area contributed by atoms with Gasteiger partial charge in [0.25, 0.3) is 11.8 Å². The van der Waals surface area contributed by atoms with Gasteiger partial charge < -0.3 is 16.2 Å². The van der Waals surface area contributed by atoms with E-state index in [2.05, 4.69) is 17.2 Å². The van der Waals surface area contributed by atoms with Gasteiger partial charge in [-0.25, -0.2) is 5.48 Å². The first kappa shape index (κ1) is 20.3. The smallest absolute Gasteiger partial charge is 0.267 e. The van der Waals surface area contributed by atoms with E-state index < -0.39 is 23.4 Å². The summed E-state index contributed by atoms with van der Waals surface area (Å²) in [5.74, 6) is 5.63. The molecule has 1 saturated carbocycles. The summed E-state index contributed by atoms with van der Waals surface area (Å²) in [4.78, 5) is 24.9. The topological polar surface area (TPSA) is 125 Å². The number of hydrogen-bond donors (Lipinski definition) is 5. The Bertz CT molecular complexity index is 967. The Morgan fingerprint density at radius 3 is 2.75 bits per heavy atom. The third kappa shape index (κ3) is 4.51. The number of amides is 2. The van der Waals surface area contributed by atoms with E-state index in [9.17, 15) is 9.59 Å². The van der Waals surface area contributed by atoms with E-state index in [1.165, 1.54) is 16.8 Å². The molecule has 1 aromatic heterocycles. The molecule has 6 N–H and O–H groups in total. The summed E-state index contributed by atoms with van der Waals surface area (Å²) in [5.41, 5.74) is 7.28. The minimum atomic E-state index is -1.09. The standard InChI is InChI=1S/C20H23N3O4S/c1-20(2,21)17(19(26)23-27)22-18(25)16-9-13-6-4-11(7-15(13)28-16)3-5-12-8-14(12)10-24/h4,6-7,9,12,14,17,24,27H,8,10,21H2,1-2H3,(H,22,25)(H,23,26)/t12?,14-,17+/m0/s1. The lowest BCUT2D eigenvalue weighted by Crippen LogP contribution is -2.61. The molecule has 0 bridgehead atoms. The highest BCUT2D eigenvalue weighted by molar-refractivity contribution is 7.20. The summed E-state index contributed by atoms with van der Waals surface area (Å²) < 4.78 is 0.904. The normalized spacial score (nSPS) is 19.5. The van der Waals surface area contributed by atoms with Crippen LogP contribution in [-0.4, -0.2) is 40.3 Å². The number of thiophene rings is 1. The number of carbonyl (C=O) groups excluding carboxylic acids is 2. The fourth-order valence-corrected chi connectivity index (χ4v) is 3.88. The van der Waals surface area contributed by atoms with Crippen molar-refractivity contribution < 1.29 is 19.9 Å². The molecule has 1 unspecified atom stereocenters.